The Morgan fingerprint density at radius 2 is 2.05 bits per heavy atom. The molecule has 19 heavy (non-hydrogen) atoms. The fourth-order valence-electron chi connectivity index (χ4n) is 1.96. The molecule has 0 atom stereocenters. The summed E-state index contributed by atoms with van der Waals surface area (Å²) in [6.07, 6.45) is 0.711. The topological polar surface area (TPSA) is 70.8 Å². The van der Waals surface area contributed by atoms with Crippen molar-refractivity contribution in [3.05, 3.63) is 23.2 Å². The van der Waals surface area contributed by atoms with E-state index in [2.05, 4.69) is 0 Å². The maximum absolute atomic E-state index is 12.3. The largest absolute Gasteiger partial charge is 0.480 e. The van der Waals surface area contributed by atoms with E-state index >= 15 is 0 Å². The Balaban J connectivity index is 2.93. The lowest BCUT2D eigenvalue weighted by molar-refractivity contribution is -0.137. The fraction of sp³-hybridized carbons (Fsp3) is 0.571. The minimum Gasteiger partial charge on any atom is -0.480 e. The third-order valence-electron chi connectivity index (χ3n) is 2.75. The first kappa shape index (κ1) is 15.3. The highest BCUT2D eigenvalue weighted by Gasteiger charge is 2.23. The summed E-state index contributed by atoms with van der Waals surface area (Å²) in [4.78, 5) is 24.4. The van der Waals surface area contributed by atoms with Gasteiger partial charge in [0.25, 0.3) is 5.91 Å². The molecule has 0 aliphatic rings. The van der Waals surface area contributed by atoms with Crippen LogP contribution < -0.4 is 0 Å². The Morgan fingerprint density at radius 3 is 2.47 bits per heavy atom. The van der Waals surface area contributed by atoms with Crippen LogP contribution in [0.25, 0.3) is 0 Å². The van der Waals surface area contributed by atoms with Crippen molar-refractivity contribution >= 4 is 11.9 Å². The van der Waals surface area contributed by atoms with Crippen LogP contribution in [-0.4, -0.2) is 35.0 Å². The quantitative estimate of drug-likeness (QED) is 0.858. The molecule has 0 spiro atoms. The van der Waals surface area contributed by atoms with Gasteiger partial charge in [-0.2, -0.15) is 0 Å². The van der Waals surface area contributed by atoms with Gasteiger partial charge in [-0.1, -0.05) is 20.8 Å². The van der Waals surface area contributed by atoms with Gasteiger partial charge >= 0.3 is 5.97 Å². The lowest BCUT2D eigenvalue weighted by Gasteiger charge is -2.21. The number of hydrogen-bond donors (Lipinski definition) is 1. The molecule has 1 rings (SSSR count). The number of rotatable bonds is 6. The van der Waals surface area contributed by atoms with Crippen LogP contribution in [0.4, 0.5) is 0 Å². The highest BCUT2D eigenvalue weighted by atomic mass is 16.4. The Hall–Kier alpha value is -1.78. The van der Waals surface area contributed by atoms with Crippen molar-refractivity contribution in [1.82, 2.24) is 4.90 Å². The van der Waals surface area contributed by atoms with Crippen molar-refractivity contribution in [2.45, 2.75) is 34.1 Å². The molecule has 1 N–H and O–H groups in total. The number of aryl methyl sites for hydroxylation is 2. The van der Waals surface area contributed by atoms with Crippen molar-refractivity contribution in [3.63, 3.8) is 0 Å². The van der Waals surface area contributed by atoms with Gasteiger partial charge in [0.15, 0.2) is 5.76 Å². The highest BCUT2D eigenvalue weighted by molar-refractivity contribution is 5.93. The van der Waals surface area contributed by atoms with Crippen LogP contribution >= 0.6 is 0 Å². The van der Waals surface area contributed by atoms with Gasteiger partial charge < -0.3 is 14.4 Å². The van der Waals surface area contributed by atoms with E-state index in [1.165, 1.54) is 4.90 Å². The summed E-state index contributed by atoms with van der Waals surface area (Å²) in [6.45, 7) is 7.79. The molecule has 106 valence electrons. The predicted molar refractivity (Wildman–Crippen MR) is 71.2 cm³/mol. The molecule has 0 aliphatic carbocycles. The van der Waals surface area contributed by atoms with Gasteiger partial charge in [0.2, 0.25) is 0 Å². The molecule has 0 aliphatic heterocycles. The number of carboxylic acids is 1. The zero-order chi connectivity index (χ0) is 14.6. The van der Waals surface area contributed by atoms with E-state index in [0.717, 1.165) is 11.3 Å². The van der Waals surface area contributed by atoms with E-state index in [-0.39, 0.29) is 24.1 Å². The van der Waals surface area contributed by atoms with E-state index in [1.54, 1.807) is 6.07 Å². The number of carboxylic acid groups (broad SMARTS) is 1. The average molecular weight is 267 g/mol. The third-order valence-corrected chi connectivity index (χ3v) is 2.75. The van der Waals surface area contributed by atoms with Crippen molar-refractivity contribution in [1.29, 1.82) is 0 Å². The summed E-state index contributed by atoms with van der Waals surface area (Å²) < 4.78 is 5.49. The predicted octanol–water partition coefficient (Wildman–Crippen LogP) is 2.33. The number of hydrogen-bond acceptors (Lipinski definition) is 3. The molecule has 1 heterocycles. The van der Waals surface area contributed by atoms with Crippen LogP contribution in [0.5, 0.6) is 0 Å². The second-order valence-electron chi connectivity index (χ2n) is 5.04. The van der Waals surface area contributed by atoms with Crippen LogP contribution in [0, 0.1) is 12.8 Å². The van der Waals surface area contributed by atoms with Gasteiger partial charge in [0.05, 0.1) is 0 Å². The van der Waals surface area contributed by atoms with Crippen LogP contribution in [0.3, 0.4) is 0 Å². The highest BCUT2D eigenvalue weighted by Crippen LogP contribution is 2.17. The SMILES string of the molecule is CCc1oc(C(=O)N(CC(=O)O)CC(C)C)cc1C. The first-order chi connectivity index (χ1) is 8.85. The molecule has 0 aromatic carbocycles. The zero-order valence-electron chi connectivity index (χ0n) is 11.9. The molecule has 0 fully saturated rings. The molecule has 0 unspecified atom stereocenters. The van der Waals surface area contributed by atoms with Crippen LogP contribution in [0.1, 0.15) is 42.6 Å². The second-order valence-corrected chi connectivity index (χ2v) is 5.04. The molecule has 0 radical (unpaired) electrons. The van der Waals surface area contributed by atoms with E-state index in [9.17, 15) is 9.59 Å². The van der Waals surface area contributed by atoms with Gasteiger partial charge in [0, 0.05) is 13.0 Å². The van der Waals surface area contributed by atoms with E-state index in [0.29, 0.717) is 13.0 Å². The molecule has 1 aromatic rings. The lowest BCUT2D eigenvalue weighted by atomic mass is 10.2. The molecule has 0 saturated heterocycles. The standard InChI is InChI=1S/C14H21NO4/c1-5-11-10(4)6-12(19-11)14(18)15(7-9(2)3)8-13(16)17/h6,9H,5,7-8H2,1-4H3,(H,16,17). The van der Waals surface area contributed by atoms with Crippen LogP contribution in [-0.2, 0) is 11.2 Å². The molecule has 5 heteroatoms. The minimum atomic E-state index is -1.02. The number of amides is 1. The maximum Gasteiger partial charge on any atom is 0.323 e. The zero-order valence-corrected chi connectivity index (χ0v) is 11.9. The molecular formula is C14H21NO4. The maximum atomic E-state index is 12.3. The number of carbonyl (C=O) groups is 2. The Morgan fingerprint density at radius 1 is 1.42 bits per heavy atom. The number of nitrogens with zero attached hydrogens (tertiary/aromatic N) is 1. The van der Waals surface area contributed by atoms with E-state index < -0.39 is 5.97 Å². The summed E-state index contributed by atoms with van der Waals surface area (Å²) in [5.41, 5.74) is 0.922. The molecule has 0 saturated carbocycles. The Labute approximate surface area is 113 Å². The van der Waals surface area contributed by atoms with E-state index in [4.69, 9.17) is 9.52 Å². The molecule has 1 aromatic heterocycles. The second kappa shape index (κ2) is 6.41. The molecule has 1 amide bonds. The summed E-state index contributed by atoms with van der Waals surface area (Å²) in [7, 11) is 0. The normalized spacial score (nSPS) is 10.8. The monoisotopic (exact) mass is 267 g/mol. The summed E-state index contributed by atoms with van der Waals surface area (Å²) >= 11 is 0. The van der Waals surface area contributed by atoms with Gasteiger partial charge in [0.1, 0.15) is 12.3 Å². The molecule has 5 nitrogen and oxygen atoms in total. The molecular weight excluding hydrogens is 246 g/mol. The van der Waals surface area contributed by atoms with Crippen molar-refractivity contribution < 1.29 is 19.1 Å². The van der Waals surface area contributed by atoms with Crippen molar-refractivity contribution in [2.75, 3.05) is 13.1 Å². The smallest absolute Gasteiger partial charge is 0.323 e. The fourth-order valence-corrected chi connectivity index (χ4v) is 1.96. The van der Waals surface area contributed by atoms with Gasteiger partial charge in [-0.3, -0.25) is 9.59 Å². The van der Waals surface area contributed by atoms with Gasteiger partial charge in [-0.25, -0.2) is 0 Å². The van der Waals surface area contributed by atoms with Crippen molar-refractivity contribution in [3.8, 4) is 0 Å². The summed E-state index contributed by atoms with van der Waals surface area (Å²) in [5.74, 6) is -0.198. The first-order valence-corrected chi connectivity index (χ1v) is 6.45. The summed E-state index contributed by atoms with van der Waals surface area (Å²) in [5, 5.41) is 8.87. The first-order valence-electron chi connectivity index (χ1n) is 6.45. The number of furan rings is 1. The lowest BCUT2D eigenvalue weighted by Crippen LogP contribution is -2.38. The Kier molecular flexibility index (Phi) is 5.15. The van der Waals surface area contributed by atoms with Crippen molar-refractivity contribution in [2.24, 2.45) is 5.92 Å². The third kappa shape index (κ3) is 4.12. The van der Waals surface area contributed by atoms with Gasteiger partial charge in [-0.05, 0) is 24.5 Å². The average Bonchev–Trinajstić information content (AvgIpc) is 2.67. The minimum absolute atomic E-state index is 0.199. The van der Waals surface area contributed by atoms with Crippen LogP contribution in [0.15, 0.2) is 10.5 Å². The summed E-state index contributed by atoms with van der Waals surface area (Å²) in [6, 6.07) is 1.68. The number of aliphatic carboxylic acids is 1. The Bertz CT molecular complexity index is 462. The van der Waals surface area contributed by atoms with Crippen LogP contribution in [0.2, 0.25) is 0 Å². The molecule has 0 bridgehead atoms. The van der Waals surface area contributed by atoms with E-state index in [1.807, 2.05) is 27.7 Å². The number of carbonyl (C=O) groups excluding carboxylic acids is 1. The van der Waals surface area contributed by atoms with Gasteiger partial charge in [-0.15, -0.1) is 0 Å².